The van der Waals surface area contributed by atoms with Gasteiger partial charge in [0.25, 0.3) is 0 Å². The van der Waals surface area contributed by atoms with E-state index in [1.807, 2.05) is 31.3 Å². The summed E-state index contributed by atoms with van der Waals surface area (Å²) in [5.74, 6) is 0.136. The molecule has 0 N–H and O–H groups in total. The van der Waals surface area contributed by atoms with Crippen LogP contribution in [0, 0.1) is 0 Å². The van der Waals surface area contributed by atoms with Crippen molar-refractivity contribution >= 4 is 21.8 Å². The van der Waals surface area contributed by atoms with Gasteiger partial charge in [0.1, 0.15) is 0 Å². The van der Waals surface area contributed by atoms with Gasteiger partial charge < -0.3 is 9.64 Å². The first kappa shape index (κ1) is 13.6. The van der Waals surface area contributed by atoms with Crippen LogP contribution in [-0.4, -0.2) is 37.1 Å². The summed E-state index contributed by atoms with van der Waals surface area (Å²) in [4.78, 5) is 13.9. The highest BCUT2D eigenvalue weighted by atomic mass is 79.9. The first-order valence-corrected chi connectivity index (χ1v) is 7.05. The number of carbonyl (C=O) groups is 1. The second-order valence-electron chi connectivity index (χ2n) is 4.68. The number of ether oxygens (including phenoxy) is 1. The fraction of sp³-hybridized carbons (Fsp3) is 0.500. The lowest BCUT2D eigenvalue weighted by atomic mass is 10.1. The minimum Gasteiger partial charge on any atom is -0.376 e. The maximum Gasteiger partial charge on any atom is 0.226 e. The lowest BCUT2D eigenvalue weighted by molar-refractivity contribution is -0.130. The van der Waals surface area contributed by atoms with Crippen molar-refractivity contribution in [3.63, 3.8) is 0 Å². The van der Waals surface area contributed by atoms with E-state index < -0.39 is 0 Å². The van der Waals surface area contributed by atoms with Crippen LogP contribution in [0.2, 0.25) is 0 Å². The maximum absolute atomic E-state index is 12.1. The third kappa shape index (κ3) is 3.56. The molecule has 1 aromatic rings. The first-order chi connectivity index (χ1) is 8.66. The van der Waals surface area contributed by atoms with Crippen LogP contribution >= 0.6 is 15.9 Å². The van der Waals surface area contributed by atoms with Gasteiger partial charge in [0.05, 0.1) is 12.5 Å². The third-order valence-electron chi connectivity index (χ3n) is 3.23. The summed E-state index contributed by atoms with van der Waals surface area (Å²) < 4.78 is 6.53. The summed E-state index contributed by atoms with van der Waals surface area (Å²) in [5, 5.41) is 0. The molecular weight excluding hydrogens is 294 g/mol. The Balaban J connectivity index is 1.89. The molecule has 1 aliphatic rings. The van der Waals surface area contributed by atoms with Crippen molar-refractivity contribution in [3.05, 3.63) is 34.3 Å². The molecule has 0 spiro atoms. The number of likely N-dealkylation sites (N-methyl/N-ethyl adjacent to an activating group) is 1. The van der Waals surface area contributed by atoms with Crippen LogP contribution in [-0.2, 0) is 16.0 Å². The van der Waals surface area contributed by atoms with Gasteiger partial charge in [0, 0.05) is 24.7 Å². The van der Waals surface area contributed by atoms with Gasteiger partial charge in [-0.15, -0.1) is 0 Å². The van der Waals surface area contributed by atoms with Crippen LogP contribution in [0.25, 0.3) is 0 Å². The zero-order chi connectivity index (χ0) is 13.0. The molecule has 98 valence electrons. The monoisotopic (exact) mass is 311 g/mol. The Hall–Kier alpha value is -0.870. The standard InChI is InChI=1S/C14H18BrNO2/c1-16(10-12-6-4-8-18-12)14(17)9-11-5-2-3-7-13(11)15/h2-3,5,7,12H,4,6,8-10H2,1H3/t12-/m1/s1. The molecule has 2 rings (SSSR count). The number of halogens is 1. The molecule has 1 aliphatic heterocycles. The Morgan fingerprint density at radius 3 is 2.94 bits per heavy atom. The average Bonchev–Trinajstić information content (AvgIpc) is 2.84. The largest absolute Gasteiger partial charge is 0.376 e. The zero-order valence-electron chi connectivity index (χ0n) is 10.6. The number of amides is 1. The van der Waals surface area contributed by atoms with Crippen LogP contribution in [0.5, 0.6) is 0 Å². The van der Waals surface area contributed by atoms with Crippen molar-refractivity contribution in [1.29, 1.82) is 0 Å². The number of hydrogen-bond acceptors (Lipinski definition) is 2. The molecule has 0 saturated carbocycles. The minimum atomic E-state index is 0.136. The molecule has 1 atom stereocenters. The molecular formula is C14H18BrNO2. The van der Waals surface area contributed by atoms with Crippen LogP contribution in [0.4, 0.5) is 0 Å². The van der Waals surface area contributed by atoms with E-state index in [4.69, 9.17) is 4.74 Å². The van der Waals surface area contributed by atoms with Crippen molar-refractivity contribution in [1.82, 2.24) is 4.90 Å². The number of carbonyl (C=O) groups excluding carboxylic acids is 1. The minimum absolute atomic E-state index is 0.136. The quantitative estimate of drug-likeness (QED) is 0.855. The van der Waals surface area contributed by atoms with Crippen LogP contribution < -0.4 is 0 Å². The number of benzene rings is 1. The Morgan fingerprint density at radius 2 is 2.28 bits per heavy atom. The van der Waals surface area contributed by atoms with E-state index in [0.29, 0.717) is 13.0 Å². The van der Waals surface area contributed by atoms with Gasteiger partial charge in [-0.3, -0.25) is 4.79 Å². The lowest BCUT2D eigenvalue weighted by Gasteiger charge is -2.21. The topological polar surface area (TPSA) is 29.5 Å². The van der Waals surface area contributed by atoms with Crippen molar-refractivity contribution in [2.24, 2.45) is 0 Å². The molecule has 1 heterocycles. The molecule has 0 bridgehead atoms. The van der Waals surface area contributed by atoms with Gasteiger partial charge in [-0.2, -0.15) is 0 Å². The molecule has 0 unspecified atom stereocenters. The molecule has 3 nitrogen and oxygen atoms in total. The maximum atomic E-state index is 12.1. The van der Waals surface area contributed by atoms with E-state index in [1.54, 1.807) is 4.90 Å². The molecule has 4 heteroatoms. The molecule has 1 fully saturated rings. The summed E-state index contributed by atoms with van der Waals surface area (Å²) in [7, 11) is 1.85. The summed E-state index contributed by atoms with van der Waals surface area (Å²) >= 11 is 3.47. The van der Waals surface area contributed by atoms with Crippen molar-refractivity contribution in [3.8, 4) is 0 Å². The highest BCUT2D eigenvalue weighted by molar-refractivity contribution is 9.10. The van der Waals surface area contributed by atoms with Crippen LogP contribution in [0.15, 0.2) is 28.7 Å². The SMILES string of the molecule is CN(C[C@H]1CCCO1)C(=O)Cc1ccccc1Br. The van der Waals surface area contributed by atoms with E-state index >= 15 is 0 Å². The average molecular weight is 312 g/mol. The first-order valence-electron chi connectivity index (χ1n) is 6.26. The van der Waals surface area contributed by atoms with Crippen molar-refractivity contribution in [2.75, 3.05) is 20.2 Å². The Bertz CT molecular complexity index is 416. The van der Waals surface area contributed by atoms with Gasteiger partial charge >= 0.3 is 0 Å². The summed E-state index contributed by atoms with van der Waals surface area (Å²) in [6, 6.07) is 7.84. The molecule has 0 aliphatic carbocycles. The summed E-state index contributed by atoms with van der Waals surface area (Å²) in [5.41, 5.74) is 1.03. The second-order valence-corrected chi connectivity index (χ2v) is 5.53. The molecule has 0 radical (unpaired) electrons. The van der Waals surface area contributed by atoms with Crippen LogP contribution in [0.3, 0.4) is 0 Å². The Morgan fingerprint density at radius 1 is 1.50 bits per heavy atom. The summed E-state index contributed by atoms with van der Waals surface area (Å²) in [6.07, 6.45) is 2.83. The van der Waals surface area contributed by atoms with E-state index in [9.17, 15) is 4.79 Å². The van der Waals surface area contributed by atoms with Gasteiger partial charge in [-0.25, -0.2) is 0 Å². The lowest BCUT2D eigenvalue weighted by Crippen LogP contribution is -2.35. The van der Waals surface area contributed by atoms with E-state index in [0.717, 1.165) is 29.5 Å². The highest BCUT2D eigenvalue weighted by Gasteiger charge is 2.20. The van der Waals surface area contributed by atoms with Gasteiger partial charge in [-0.05, 0) is 24.5 Å². The molecule has 0 aromatic heterocycles. The van der Waals surface area contributed by atoms with E-state index in [2.05, 4.69) is 15.9 Å². The Labute approximate surface area is 116 Å². The third-order valence-corrected chi connectivity index (χ3v) is 4.00. The fourth-order valence-electron chi connectivity index (χ4n) is 2.14. The normalized spacial score (nSPS) is 18.9. The second kappa shape index (κ2) is 6.34. The zero-order valence-corrected chi connectivity index (χ0v) is 12.1. The van der Waals surface area contributed by atoms with Crippen molar-refractivity contribution in [2.45, 2.75) is 25.4 Å². The highest BCUT2D eigenvalue weighted by Crippen LogP contribution is 2.18. The number of rotatable bonds is 4. The smallest absolute Gasteiger partial charge is 0.226 e. The van der Waals surface area contributed by atoms with Gasteiger partial charge in [-0.1, -0.05) is 34.1 Å². The predicted octanol–water partition coefficient (Wildman–Crippen LogP) is 2.63. The number of nitrogens with zero attached hydrogens (tertiary/aromatic N) is 1. The molecule has 1 amide bonds. The molecule has 1 aromatic carbocycles. The van der Waals surface area contributed by atoms with Crippen LogP contribution in [0.1, 0.15) is 18.4 Å². The van der Waals surface area contributed by atoms with Gasteiger partial charge in [0.15, 0.2) is 0 Å². The fourth-order valence-corrected chi connectivity index (χ4v) is 2.56. The van der Waals surface area contributed by atoms with E-state index in [1.165, 1.54) is 0 Å². The number of hydrogen-bond donors (Lipinski definition) is 0. The molecule has 1 saturated heterocycles. The van der Waals surface area contributed by atoms with Crippen molar-refractivity contribution < 1.29 is 9.53 Å². The van der Waals surface area contributed by atoms with Gasteiger partial charge in [0.2, 0.25) is 5.91 Å². The predicted molar refractivity (Wildman–Crippen MR) is 74.5 cm³/mol. The summed E-state index contributed by atoms with van der Waals surface area (Å²) in [6.45, 7) is 1.53. The Kier molecular flexibility index (Phi) is 4.78. The van der Waals surface area contributed by atoms with E-state index in [-0.39, 0.29) is 12.0 Å². The molecule has 18 heavy (non-hydrogen) atoms.